The summed E-state index contributed by atoms with van der Waals surface area (Å²) in [6.45, 7) is 0. The monoisotopic (exact) mass is 68.0 g/mol. The zero-order chi connectivity index (χ0) is 3.70. The third-order valence-electron chi connectivity index (χ3n) is 0.781. The van der Waals surface area contributed by atoms with Gasteiger partial charge >= 0.3 is 0 Å². The molecule has 1 saturated carbocycles. The van der Waals surface area contributed by atoms with Gasteiger partial charge in [0.15, 0.2) is 0 Å². The molecule has 0 aliphatic heterocycles. The lowest BCUT2D eigenvalue weighted by atomic mass is 10.5. The molecule has 0 atom stereocenters. The molecule has 1 heteroatoms. The van der Waals surface area contributed by atoms with Crippen molar-refractivity contribution in [1.82, 2.24) is 0 Å². The standard InChI is InChI=1S/C4H5N/c5-3-4-1-2-4/h4H,1-2H2/p+1. The van der Waals surface area contributed by atoms with Crippen molar-refractivity contribution < 1.29 is 5.26 Å². The lowest BCUT2D eigenvalue weighted by molar-refractivity contribution is -0.0958. The van der Waals surface area contributed by atoms with Gasteiger partial charge in [0.1, 0.15) is 0 Å². The molecule has 1 N–H and O–H groups in total. The maximum absolute atomic E-state index is 6.47. The van der Waals surface area contributed by atoms with Gasteiger partial charge in [0.25, 0.3) is 6.07 Å². The first kappa shape index (κ1) is 2.71. The van der Waals surface area contributed by atoms with Crippen LogP contribution in [0.4, 0.5) is 0 Å². The third-order valence-corrected chi connectivity index (χ3v) is 0.781. The van der Waals surface area contributed by atoms with E-state index in [4.69, 9.17) is 5.26 Å². The Bertz CT molecular complexity index is 66.2. The SMILES string of the molecule is [NH+]#CC1CC1. The van der Waals surface area contributed by atoms with Crippen molar-refractivity contribution in [3.8, 4) is 6.07 Å². The highest BCUT2D eigenvalue weighted by atomic mass is 14.3. The van der Waals surface area contributed by atoms with E-state index in [1.54, 1.807) is 0 Å². The Kier molecular flexibility index (Phi) is 0.390. The van der Waals surface area contributed by atoms with Crippen molar-refractivity contribution in [2.75, 3.05) is 0 Å². The summed E-state index contributed by atoms with van der Waals surface area (Å²) in [6.07, 6.45) is 2.42. The van der Waals surface area contributed by atoms with E-state index >= 15 is 0 Å². The topological polar surface area (TPSA) is 23.8 Å². The molecule has 0 unspecified atom stereocenters. The summed E-state index contributed by atoms with van der Waals surface area (Å²) in [4.78, 5) is 0. The molecule has 0 heterocycles. The van der Waals surface area contributed by atoms with Crippen LogP contribution in [0.15, 0.2) is 0 Å². The molecule has 0 spiro atoms. The summed E-state index contributed by atoms with van der Waals surface area (Å²) in [5.74, 6) is 0.551. The van der Waals surface area contributed by atoms with Gasteiger partial charge in [-0.3, -0.25) is 0 Å². The van der Waals surface area contributed by atoms with Crippen LogP contribution in [0, 0.1) is 12.0 Å². The minimum absolute atomic E-state index is 0.551. The van der Waals surface area contributed by atoms with Crippen LogP contribution in [0.3, 0.4) is 0 Å². The number of nitrogens with one attached hydrogen (secondary N) is 1. The van der Waals surface area contributed by atoms with E-state index in [0.717, 1.165) is 0 Å². The Hall–Kier alpha value is -0.510. The summed E-state index contributed by atoms with van der Waals surface area (Å²) in [6, 6.07) is 2.39. The molecule has 1 aliphatic rings. The predicted molar refractivity (Wildman–Crippen MR) is 17.6 cm³/mol. The molecule has 0 aromatic heterocycles. The van der Waals surface area contributed by atoms with Gasteiger partial charge in [-0.05, 0) is 12.8 Å². The molecule has 26 valence electrons. The second-order valence-electron chi connectivity index (χ2n) is 1.42. The van der Waals surface area contributed by atoms with Crippen LogP contribution in [-0.2, 0) is 0 Å². The average Bonchev–Trinajstić information content (AvgIpc) is 2.12. The Balaban J connectivity index is 2.30. The van der Waals surface area contributed by atoms with E-state index in [1.165, 1.54) is 12.8 Å². The first-order valence-corrected chi connectivity index (χ1v) is 1.86. The summed E-state index contributed by atoms with van der Waals surface area (Å²) in [7, 11) is 0. The lowest BCUT2D eigenvalue weighted by Crippen LogP contribution is -2.17. The van der Waals surface area contributed by atoms with Crippen LogP contribution in [0.1, 0.15) is 12.8 Å². The molecule has 0 saturated heterocycles. The largest absolute Gasteiger partial charge is 0.273 e. The van der Waals surface area contributed by atoms with Gasteiger partial charge in [-0.15, -0.1) is 5.26 Å². The fraction of sp³-hybridized carbons (Fsp3) is 0.750. The quantitative estimate of drug-likeness (QED) is 0.383. The molecule has 0 aromatic rings. The summed E-state index contributed by atoms with van der Waals surface area (Å²) < 4.78 is 0. The number of hydrogen-bond acceptors (Lipinski definition) is 0. The Morgan fingerprint density at radius 1 is 1.60 bits per heavy atom. The molecule has 5 heavy (non-hydrogen) atoms. The highest BCUT2D eigenvalue weighted by Gasteiger charge is 2.23. The number of rotatable bonds is 0. The van der Waals surface area contributed by atoms with Crippen LogP contribution in [0.25, 0.3) is 0 Å². The molecule has 1 rings (SSSR count). The zero-order valence-electron chi connectivity index (χ0n) is 2.99. The van der Waals surface area contributed by atoms with E-state index < -0.39 is 0 Å². The van der Waals surface area contributed by atoms with Crippen molar-refractivity contribution in [2.45, 2.75) is 12.8 Å². The van der Waals surface area contributed by atoms with Crippen LogP contribution in [0.5, 0.6) is 0 Å². The lowest BCUT2D eigenvalue weighted by Gasteiger charge is -1.43. The van der Waals surface area contributed by atoms with Gasteiger partial charge in [-0.1, -0.05) is 0 Å². The Morgan fingerprint density at radius 3 is 2.20 bits per heavy atom. The van der Waals surface area contributed by atoms with Crippen molar-refractivity contribution in [1.29, 1.82) is 0 Å². The molecule has 0 aromatic carbocycles. The van der Waals surface area contributed by atoms with E-state index in [9.17, 15) is 0 Å². The normalized spacial score (nSPS) is 21.4. The molecule has 0 amide bonds. The second-order valence-corrected chi connectivity index (χ2v) is 1.42. The predicted octanol–water partition coefficient (Wildman–Crippen LogP) is -0.831. The van der Waals surface area contributed by atoms with Crippen LogP contribution in [0.2, 0.25) is 0 Å². The Labute approximate surface area is 31.2 Å². The fourth-order valence-electron chi connectivity index (χ4n) is 0.228. The van der Waals surface area contributed by atoms with E-state index in [-0.39, 0.29) is 0 Å². The van der Waals surface area contributed by atoms with E-state index in [2.05, 4.69) is 6.07 Å². The molecule has 1 aliphatic carbocycles. The molecule has 1 nitrogen and oxygen atoms in total. The van der Waals surface area contributed by atoms with Crippen LogP contribution in [-0.4, -0.2) is 0 Å². The van der Waals surface area contributed by atoms with E-state index in [0.29, 0.717) is 5.92 Å². The highest BCUT2D eigenvalue weighted by molar-refractivity contribution is 4.91. The average molecular weight is 68.1 g/mol. The van der Waals surface area contributed by atoms with E-state index in [1.807, 2.05) is 0 Å². The molecular weight excluding hydrogens is 62.1 g/mol. The second kappa shape index (κ2) is 0.718. The fourth-order valence-corrected chi connectivity index (χ4v) is 0.228. The molecule has 0 radical (unpaired) electrons. The summed E-state index contributed by atoms with van der Waals surface area (Å²) in [5, 5.41) is 6.47. The molecule has 1 fully saturated rings. The molecular formula is C4H6N+. The number of hydrogen-bond donors (Lipinski definition) is 1. The highest BCUT2D eigenvalue weighted by Crippen LogP contribution is 2.26. The van der Waals surface area contributed by atoms with Gasteiger partial charge in [-0.25, -0.2) is 0 Å². The zero-order valence-corrected chi connectivity index (χ0v) is 2.99. The first-order valence-electron chi connectivity index (χ1n) is 1.86. The minimum atomic E-state index is 0.551. The minimum Gasteiger partial charge on any atom is -0.101 e. The van der Waals surface area contributed by atoms with Gasteiger partial charge in [0.2, 0.25) is 0 Å². The van der Waals surface area contributed by atoms with Gasteiger partial charge in [0, 0.05) is 0 Å². The van der Waals surface area contributed by atoms with Gasteiger partial charge in [-0.2, -0.15) is 0 Å². The van der Waals surface area contributed by atoms with Crippen molar-refractivity contribution in [3.05, 3.63) is 0 Å². The van der Waals surface area contributed by atoms with Gasteiger partial charge < -0.3 is 0 Å². The maximum atomic E-state index is 6.47. The molecule has 0 bridgehead atoms. The van der Waals surface area contributed by atoms with Crippen molar-refractivity contribution >= 4 is 0 Å². The smallest absolute Gasteiger partial charge is 0.101 e. The van der Waals surface area contributed by atoms with Crippen molar-refractivity contribution in [3.63, 3.8) is 0 Å². The van der Waals surface area contributed by atoms with Crippen LogP contribution >= 0.6 is 0 Å². The maximum Gasteiger partial charge on any atom is 0.273 e. The first-order chi connectivity index (χ1) is 2.43. The third kappa shape index (κ3) is 0.384. The Morgan fingerprint density at radius 2 is 2.20 bits per heavy atom. The summed E-state index contributed by atoms with van der Waals surface area (Å²) in [5.41, 5.74) is 0. The summed E-state index contributed by atoms with van der Waals surface area (Å²) >= 11 is 0. The van der Waals surface area contributed by atoms with Crippen molar-refractivity contribution in [2.24, 2.45) is 5.92 Å². The van der Waals surface area contributed by atoms with Crippen LogP contribution < -0.4 is 5.26 Å². The van der Waals surface area contributed by atoms with Gasteiger partial charge in [0.05, 0.1) is 5.92 Å².